The average molecular weight is 492 g/mol. The van der Waals surface area contributed by atoms with Gasteiger partial charge in [-0.15, -0.1) is 0 Å². The molecule has 184 valence electrons. The molecule has 2 N–H and O–H groups in total. The Morgan fingerprint density at radius 1 is 1.23 bits per heavy atom. The van der Waals surface area contributed by atoms with Crippen molar-refractivity contribution in [3.05, 3.63) is 42.1 Å². The number of nitrogens with one attached hydrogen (secondary N) is 1. The maximum absolute atomic E-state index is 14.4. The van der Waals surface area contributed by atoms with Gasteiger partial charge in [-0.3, -0.25) is 4.79 Å². The fraction of sp³-hybridized carbons (Fsp3) is 0.391. The second-order valence-electron chi connectivity index (χ2n) is 8.42. The number of carboxylic acid groups (broad SMARTS) is 1. The molecule has 1 aromatic heterocycles. The molecule has 0 bridgehead atoms. The fourth-order valence-corrected chi connectivity index (χ4v) is 4.00. The lowest BCUT2D eigenvalue weighted by Gasteiger charge is -2.33. The normalized spacial score (nSPS) is 23.8. The van der Waals surface area contributed by atoms with E-state index >= 15 is 0 Å². The minimum Gasteiger partial charge on any atom is -0.486 e. The molecule has 2 aliphatic rings. The summed E-state index contributed by atoms with van der Waals surface area (Å²) >= 11 is 0. The minimum absolute atomic E-state index is 0.0737. The Labute approximate surface area is 197 Å². The van der Waals surface area contributed by atoms with Crippen molar-refractivity contribution in [2.45, 2.75) is 31.3 Å². The van der Waals surface area contributed by atoms with E-state index in [1.165, 1.54) is 24.4 Å². The van der Waals surface area contributed by atoms with Crippen molar-refractivity contribution in [1.29, 1.82) is 5.26 Å². The van der Waals surface area contributed by atoms with Gasteiger partial charge >= 0.3 is 12.3 Å². The number of rotatable bonds is 5. The van der Waals surface area contributed by atoms with E-state index in [1.54, 1.807) is 12.1 Å². The fourth-order valence-electron chi connectivity index (χ4n) is 4.00. The molecule has 1 saturated heterocycles. The maximum Gasteiger partial charge on any atom is 0.407 e. The second-order valence-corrected chi connectivity index (χ2v) is 8.42. The van der Waals surface area contributed by atoms with Crippen molar-refractivity contribution < 1.29 is 37.0 Å². The summed E-state index contributed by atoms with van der Waals surface area (Å²) in [6, 6.07) is 9.64. The Morgan fingerprint density at radius 2 is 1.97 bits per heavy atom. The summed E-state index contributed by atoms with van der Waals surface area (Å²) in [4.78, 5) is 28.1. The number of aromatic nitrogens is 1. The molecule has 1 aliphatic carbocycles. The minimum atomic E-state index is -4.41. The van der Waals surface area contributed by atoms with Gasteiger partial charge in [-0.1, -0.05) is 6.07 Å². The Kier molecular flexibility index (Phi) is 6.51. The van der Waals surface area contributed by atoms with Crippen molar-refractivity contribution in [1.82, 2.24) is 9.88 Å². The molecule has 4 atom stereocenters. The van der Waals surface area contributed by atoms with Gasteiger partial charge < -0.3 is 20.1 Å². The largest absolute Gasteiger partial charge is 0.486 e. The van der Waals surface area contributed by atoms with Gasteiger partial charge in [-0.25, -0.2) is 14.2 Å². The van der Waals surface area contributed by atoms with Crippen LogP contribution in [0, 0.1) is 23.2 Å². The van der Waals surface area contributed by atoms with Gasteiger partial charge in [0, 0.05) is 19.2 Å². The van der Waals surface area contributed by atoms with Crippen LogP contribution < -0.4 is 10.1 Å². The highest BCUT2D eigenvalue weighted by molar-refractivity contribution is 5.94. The number of hydrogen-bond acceptors (Lipinski definition) is 5. The molecule has 1 aromatic carbocycles. The number of alkyl halides is 4. The number of amides is 2. The van der Waals surface area contributed by atoms with Crippen LogP contribution in [0.1, 0.15) is 18.4 Å². The Hall–Kier alpha value is -3.88. The van der Waals surface area contributed by atoms with Crippen LogP contribution >= 0.6 is 0 Å². The summed E-state index contributed by atoms with van der Waals surface area (Å²) in [6.45, 7) is -0.216. The Balaban J connectivity index is 1.45. The molecular weight excluding hydrogens is 472 g/mol. The molecule has 1 saturated carbocycles. The van der Waals surface area contributed by atoms with Gasteiger partial charge in [0.2, 0.25) is 5.91 Å². The Morgan fingerprint density at radius 3 is 2.60 bits per heavy atom. The molecule has 0 spiro atoms. The lowest BCUT2D eigenvalue weighted by Crippen LogP contribution is -2.48. The number of carbonyl (C=O) groups excluding carboxylic acids is 1. The SMILES string of the molecule is N#Cc1cc(-c2ccnc(NC(=O)C3CC3C(F)(F)F)c2)ccc1O[C@H]1CCN(C(=O)O)C[C@H]1F. The van der Waals surface area contributed by atoms with E-state index in [-0.39, 0.29) is 43.1 Å². The van der Waals surface area contributed by atoms with E-state index in [2.05, 4.69) is 10.3 Å². The van der Waals surface area contributed by atoms with Gasteiger partial charge in [-0.05, 0) is 41.8 Å². The van der Waals surface area contributed by atoms with Crippen LogP contribution in [0.5, 0.6) is 5.75 Å². The summed E-state index contributed by atoms with van der Waals surface area (Å²) in [6.07, 6.45) is -6.83. The van der Waals surface area contributed by atoms with Gasteiger partial charge in [0.25, 0.3) is 0 Å². The zero-order valence-corrected chi connectivity index (χ0v) is 18.1. The number of hydrogen-bond donors (Lipinski definition) is 2. The summed E-state index contributed by atoms with van der Waals surface area (Å²) in [7, 11) is 0. The number of halogens is 4. The number of nitriles is 1. The topological polar surface area (TPSA) is 116 Å². The third-order valence-corrected chi connectivity index (χ3v) is 6.02. The van der Waals surface area contributed by atoms with Crippen molar-refractivity contribution >= 4 is 17.8 Å². The van der Waals surface area contributed by atoms with Gasteiger partial charge in [-0.2, -0.15) is 18.4 Å². The molecule has 2 heterocycles. The quantitative estimate of drug-likeness (QED) is 0.604. The molecule has 1 aliphatic heterocycles. The van der Waals surface area contributed by atoms with Crippen LogP contribution in [0.25, 0.3) is 11.1 Å². The van der Waals surface area contributed by atoms with Gasteiger partial charge in [0.1, 0.15) is 23.7 Å². The van der Waals surface area contributed by atoms with Crippen molar-refractivity contribution in [3.8, 4) is 22.9 Å². The molecule has 2 amide bonds. The molecule has 12 heteroatoms. The molecule has 4 rings (SSSR count). The molecule has 2 aromatic rings. The lowest BCUT2D eigenvalue weighted by atomic mass is 10.0. The third kappa shape index (κ3) is 5.45. The molecule has 0 radical (unpaired) electrons. The van der Waals surface area contributed by atoms with E-state index < -0.39 is 42.3 Å². The number of likely N-dealkylation sites (tertiary alicyclic amines) is 1. The van der Waals surface area contributed by atoms with E-state index in [9.17, 15) is 32.4 Å². The zero-order chi connectivity index (χ0) is 25.3. The van der Waals surface area contributed by atoms with Crippen molar-refractivity contribution in [2.24, 2.45) is 11.8 Å². The number of carbonyl (C=O) groups is 2. The number of benzene rings is 1. The molecule has 2 unspecified atom stereocenters. The highest BCUT2D eigenvalue weighted by Crippen LogP contribution is 2.50. The molecule has 8 nitrogen and oxygen atoms in total. The maximum atomic E-state index is 14.4. The van der Waals surface area contributed by atoms with Gasteiger partial charge in [0.05, 0.1) is 23.9 Å². The predicted octanol–water partition coefficient (Wildman–Crippen LogP) is 4.23. The summed E-state index contributed by atoms with van der Waals surface area (Å²) in [5.74, 6) is -3.32. The monoisotopic (exact) mass is 492 g/mol. The van der Waals surface area contributed by atoms with Crippen LogP contribution in [-0.2, 0) is 4.79 Å². The standard InChI is InChI=1S/C23H20F4N4O4/c24-17-11-31(22(33)34)6-4-19(17)35-18-2-1-12(7-14(18)10-28)13-3-5-29-20(8-13)30-21(32)15-9-16(15)23(25,26)27/h1-3,5,7-8,15-17,19H,4,6,9,11H2,(H,33,34)(H,29,30,32)/t15?,16?,17-,19+/m1/s1. The summed E-state index contributed by atoms with van der Waals surface area (Å²) in [5.41, 5.74) is 1.20. The third-order valence-electron chi connectivity index (χ3n) is 6.02. The lowest BCUT2D eigenvalue weighted by molar-refractivity contribution is -0.153. The summed E-state index contributed by atoms with van der Waals surface area (Å²) < 4.78 is 58.2. The number of nitrogens with zero attached hydrogens (tertiary/aromatic N) is 3. The van der Waals surface area contributed by atoms with E-state index in [0.717, 1.165) is 4.90 Å². The van der Waals surface area contributed by atoms with Crippen LogP contribution in [-0.4, -0.2) is 58.5 Å². The van der Waals surface area contributed by atoms with Crippen LogP contribution in [0.15, 0.2) is 36.5 Å². The van der Waals surface area contributed by atoms with Crippen LogP contribution in [0.3, 0.4) is 0 Å². The average Bonchev–Trinajstić information content (AvgIpc) is 3.62. The van der Waals surface area contributed by atoms with Crippen LogP contribution in [0.4, 0.5) is 28.2 Å². The first-order valence-corrected chi connectivity index (χ1v) is 10.7. The zero-order valence-electron chi connectivity index (χ0n) is 18.1. The second kappa shape index (κ2) is 9.40. The number of anilines is 1. The first kappa shape index (κ1) is 24.3. The summed E-state index contributed by atoms with van der Waals surface area (Å²) in [5, 5.41) is 21.0. The predicted molar refractivity (Wildman–Crippen MR) is 114 cm³/mol. The number of piperidine rings is 1. The van der Waals surface area contributed by atoms with Crippen LogP contribution in [0.2, 0.25) is 0 Å². The Bertz CT molecular complexity index is 1180. The smallest absolute Gasteiger partial charge is 0.407 e. The molecule has 2 fully saturated rings. The number of pyridine rings is 1. The van der Waals surface area contributed by atoms with E-state index in [0.29, 0.717) is 11.1 Å². The molecule has 35 heavy (non-hydrogen) atoms. The number of ether oxygens (including phenoxy) is 1. The van der Waals surface area contributed by atoms with Crippen molar-refractivity contribution in [3.63, 3.8) is 0 Å². The highest BCUT2D eigenvalue weighted by Gasteiger charge is 2.58. The first-order valence-electron chi connectivity index (χ1n) is 10.7. The van der Waals surface area contributed by atoms with E-state index in [1.807, 2.05) is 6.07 Å². The highest BCUT2D eigenvalue weighted by atomic mass is 19.4. The van der Waals surface area contributed by atoms with E-state index in [4.69, 9.17) is 9.84 Å². The van der Waals surface area contributed by atoms with Crippen molar-refractivity contribution in [2.75, 3.05) is 18.4 Å². The first-order chi connectivity index (χ1) is 16.6. The molecular formula is C23H20F4N4O4. The van der Waals surface area contributed by atoms with Gasteiger partial charge in [0.15, 0.2) is 6.17 Å².